The highest BCUT2D eigenvalue weighted by atomic mass is 19.4. The van der Waals surface area contributed by atoms with Gasteiger partial charge in [0.1, 0.15) is 18.0 Å². The van der Waals surface area contributed by atoms with E-state index in [1.165, 1.54) is 0 Å². The number of nitrogens with zero attached hydrogens (tertiary/aromatic N) is 2. The van der Waals surface area contributed by atoms with Crippen LogP contribution in [-0.4, -0.2) is 30.1 Å². The Morgan fingerprint density at radius 1 is 1.32 bits per heavy atom. The molecule has 7 nitrogen and oxygen atoms in total. The van der Waals surface area contributed by atoms with Gasteiger partial charge in [0.2, 0.25) is 5.88 Å². The van der Waals surface area contributed by atoms with Crippen LogP contribution in [0.4, 0.5) is 23.7 Å². The number of aliphatic imine (C=N–C) groups is 1. The molecular weight excluding hydrogens is 377 g/mol. The van der Waals surface area contributed by atoms with Crippen molar-refractivity contribution in [3.63, 3.8) is 0 Å². The Labute approximate surface area is 158 Å². The van der Waals surface area contributed by atoms with Crippen molar-refractivity contribution >= 4 is 17.6 Å². The number of pyridine rings is 1. The standard InChI is InChI=1S/C18H17F3N4O3/c1-17(10-27-9-14(22)25-17)11-3-2-4-13(7-11)24-16(26)28-15-6-5-12(8-23-15)18(19,20)21/h2-8H,9-10H2,1H3,(H2,22,25)(H,24,26). The second-order valence-corrected chi connectivity index (χ2v) is 6.35. The van der Waals surface area contributed by atoms with Crippen molar-refractivity contribution in [2.75, 3.05) is 18.5 Å². The number of amides is 1. The average molecular weight is 394 g/mol. The SMILES string of the molecule is CC1(c2cccc(NC(=O)Oc3ccc(C(F)(F)F)cn3)c2)COCC(N)=N1. The maximum Gasteiger partial charge on any atom is 0.418 e. The molecule has 0 bridgehead atoms. The molecule has 2 aromatic rings. The van der Waals surface area contributed by atoms with E-state index in [2.05, 4.69) is 15.3 Å². The van der Waals surface area contributed by atoms with Crippen LogP contribution in [-0.2, 0) is 16.5 Å². The average Bonchev–Trinajstić information content (AvgIpc) is 2.61. The van der Waals surface area contributed by atoms with E-state index in [0.29, 0.717) is 24.3 Å². The lowest BCUT2D eigenvalue weighted by atomic mass is 9.92. The van der Waals surface area contributed by atoms with Crippen molar-refractivity contribution in [1.29, 1.82) is 0 Å². The minimum atomic E-state index is -4.51. The molecule has 0 aliphatic carbocycles. The fraction of sp³-hybridized carbons (Fsp3) is 0.278. The number of ether oxygens (including phenoxy) is 2. The highest BCUT2D eigenvalue weighted by Crippen LogP contribution is 2.30. The number of anilines is 1. The molecule has 1 atom stereocenters. The van der Waals surface area contributed by atoms with Crippen LogP contribution < -0.4 is 15.8 Å². The number of carbonyl (C=O) groups excluding carboxylic acids is 1. The molecule has 0 saturated carbocycles. The molecule has 1 aliphatic heterocycles. The molecule has 3 rings (SSSR count). The summed E-state index contributed by atoms with van der Waals surface area (Å²) in [6.07, 6.45) is -4.81. The molecule has 0 saturated heterocycles. The molecule has 0 spiro atoms. The van der Waals surface area contributed by atoms with Gasteiger partial charge in [-0.25, -0.2) is 9.78 Å². The van der Waals surface area contributed by atoms with E-state index in [9.17, 15) is 18.0 Å². The van der Waals surface area contributed by atoms with Crippen molar-refractivity contribution in [2.45, 2.75) is 18.6 Å². The smallest absolute Gasteiger partial charge is 0.391 e. The summed E-state index contributed by atoms with van der Waals surface area (Å²) in [5, 5.41) is 2.50. The number of nitrogens with one attached hydrogen (secondary N) is 1. The molecule has 1 amide bonds. The summed E-state index contributed by atoms with van der Waals surface area (Å²) in [6.45, 7) is 2.44. The molecule has 2 heterocycles. The summed E-state index contributed by atoms with van der Waals surface area (Å²) < 4.78 is 47.9. The fourth-order valence-electron chi connectivity index (χ4n) is 2.66. The molecule has 0 radical (unpaired) electrons. The van der Waals surface area contributed by atoms with Gasteiger partial charge in [0, 0.05) is 18.0 Å². The van der Waals surface area contributed by atoms with Crippen molar-refractivity contribution in [1.82, 2.24) is 4.98 Å². The Hall–Kier alpha value is -3.14. The maximum absolute atomic E-state index is 12.5. The van der Waals surface area contributed by atoms with Gasteiger partial charge in [0.15, 0.2) is 0 Å². The molecule has 1 aromatic carbocycles. The number of alkyl halides is 3. The Balaban J connectivity index is 1.69. The quantitative estimate of drug-likeness (QED) is 0.832. The number of rotatable bonds is 3. The maximum atomic E-state index is 12.5. The van der Waals surface area contributed by atoms with E-state index in [-0.39, 0.29) is 12.5 Å². The first-order chi connectivity index (χ1) is 13.2. The molecule has 28 heavy (non-hydrogen) atoms. The van der Waals surface area contributed by atoms with Crippen molar-refractivity contribution in [2.24, 2.45) is 10.7 Å². The van der Waals surface area contributed by atoms with Gasteiger partial charge in [0.05, 0.1) is 12.2 Å². The predicted molar refractivity (Wildman–Crippen MR) is 95.1 cm³/mol. The van der Waals surface area contributed by atoms with Gasteiger partial charge in [-0.2, -0.15) is 13.2 Å². The number of carbonyl (C=O) groups is 1. The Bertz CT molecular complexity index is 900. The molecule has 0 fully saturated rings. The van der Waals surface area contributed by atoms with E-state index < -0.39 is 23.4 Å². The van der Waals surface area contributed by atoms with E-state index in [4.69, 9.17) is 15.2 Å². The van der Waals surface area contributed by atoms with Crippen molar-refractivity contribution in [3.05, 3.63) is 53.7 Å². The summed E-state index contributed by atoms with van der Waals surface area (Å²) >= 11 is 0. The van der Waals surface area contributed by atoms with E-state index in [0.717, 1.165) is 17.7 Å². The second-order valence-electron chi connectivity index (χ2n) is 6.35. The number of amidine groups is 1. The van der Waals surface area contributed by atoms with Crippen molar-refractivity contribution < 1.29 is 27.4 Å². The molecular formula is C18H17F3N4O3. The number of halogens is 3. The van der Waals surface area contributed by atoms with E-state index >= 15 is 0 Å². The Morgan fingerprint density at radius 2 is 2.11 bits per heavy atom. The molecule has 1 unspecified atom stereocenters. The molecule has 1 aromatic heterocycles. The monoisotopic (exact) mass is 394 g/mol. The van der Waals surface area contributed by atoms with Crippen LogP contribution in [0.3, 0.4) is 0 Å². The highest BCUT2D eigenvalue weighted by Gasteiger charge is 2.31. The zero-order valence-corrected chi connectivity index (χ0v) is 14.8. The normalized spacial score (nSPS) is 19.6. The summed E-state index contributed by atoms with van der Waals surface area (Å²) in [7, 11) is 0. The summed E-state index contributed by atoms with van der Waals surface area (Å²) in [5.41, 5.74) is 5.29. The summed E-state index contributed by atoms with van der Waals surface area (Å²) in [4.78, 5) is 19.9. The first-order valence-corrected chi connectivity index (χ1v) is 8.20. The van der Waals surface area contributed by atoms with Gasteiger partial charge in [0.25, 0.3) is 0 Å². The summed E-state index contributed by atoms with van der Waals surface area (Å²) in [6, 6.07) is 8.60. The molecule has 10 heteroatoms. The Morgan fingerprint density at radius 3 is 2.75 bits per heavy atom. The van der Waals surface area contributed by atoms with Gasteiger partial charge in [-0.1, -0.05) is 12.1 Å². The highest BCUT2D eigenvalue weighted by molar-refractivity contribution is 5.86. The van der Waals surface area contributed by atoms with Gasteiger partial charge >= 0.3 is 12.3 Å². The lowest BCUT2D eigenvalue weighted by molar-refractivity contribution is -0.137. The number of hydrogen-bond donors (Lipinski definition) is 2. The van der Waals surface area contributed by atoms with Gasteiger partial charge in [-0.05, 0) is 30.7 Å². The van der Waals surface area contributed by atoms with Crippen molar-refractivity contribution in [3.8, 4) is 5.88 Å². The van der Waals surface area contributed by atoms with Crippen LogP contribution in [0.25, 0.3) is 0 Å². The van der Waals surface area contributed by atoms with Crippen LogP contribution in [0.5, 0.6) is 5.88 Å². The minimum Gasteiger partial charge on any atom is -0.391 e. The second kappa shape index (κ2) is 7.47. The lowest BCUT2D eigenvalue weighted by Gasteiger charge is -2.30. The van der Waals surface area contributed by atoms with Gasteiger partial charge in [-0.15, -0.1) is 0 Å². The summed E-state index contributed by atoms with van der Waals surface area (Å²) in [5.74, 6) is 0.117. The lowest BCUT2D eigenvalue weighted by Crippen LogP contribution is -2.37. The number of hydrogen-bond acceptors (Lipinski definition) is 6. The minimum absolute atomic E-state index is 0.258. The van der Waals surface area contributed by atoms with E-state index in [1.807, 2.05) is 13.0 Å². The molecule has 1 aliphatic rings. The van der Waals surface area contributed by atoms with Crippen LogP contribution >= 0.6 is 0 Å². The van der Waals surface area contributed by atoms with Gasteiger partial charge in [-0.3, -0.25) is 10.3 Å². The van der Waals surface area contributed by atoms with Gasteiger partial charge < -0.3 is 15.2 Å². The number of benzene rings is 1. The topological polar surface area (TPSA) is 98.8 Å². The third-order valence-corrected chi connectivity index (χ3v) is 4.02. The Kier molecular flexibility index (Phi) is 5.23. The first-order valence-electron chi connectivity index (χ1n) is 8.20. The van der Waals surface area contributed by atoms with Crippen LogP contribution in [0.15, 0.2) is 47.6 Å². The molecule has 148 valence electrons. The fourth-order valence-corrected chi connectivity index (χ4v) is 2.66. The third kappa shape index (κ3) is 4.58. The van der Waals surface area contributed by atoms with Crippen LogP contribution in [0.2, 0.25) is 0 Å². The predicted octanol–water partition coefficient (Wildman–Crippen LogP) is 3.31. The largest absolute Gasteiger partial charge is 0.418 e. The number of nitrogens with two attached hydrogens (primary N) is 1. The third-order valence-electron chi connectivity index (χ3n) is 4.02. The number of aromatic nitrogens is 1. The zero-order valence-electron chi connectivity index (χ0n) is 14.8. The van der Waals surface area contributed by atoms with Crippen LogP contribution in [0, 0.1) is 0 Å². The first kappa shape index (κ1) is 19.6. The zero-order chi connectivity index (χ0) is 20.4. The van der Waals surface area contributed by atoms with E-state index in [1.54, 1.807) is 18.2 Å². The van der Waals surface area contributed by atoms with Crippen LogP contribution in [0.1, 0.15) is 18.1 Å². The molecule has 3 N–H and O–H groups in total.